The van der Waals surface area contributed by atoms with E-state index in [-0.39, 0.29) is 11.9 Å². The Balaban J connectivity index is 1.33. The number of nitrogens with one attached hydrogen (secondary N) is 1. The second-order valence-corrected chi connectivity index (χ2v) is 7.28. The van der Waals surface area contributed by atoms with Crippen LogP contribution in [0.3, 0.4) is 0 Å². The van der Waals surface area contributed by atoms with E-state index < -0.39 is 0 Å². The van der Waals surface area contributed by atoms with Gasteiger partial charge in [-0.3, -0.25) is 4.79 Å². The molecule has 3 aromatic rings. The fraction of sp³-hybridized carbons (Fsp3) is 0.316. The van der Waals surface area contributed by atoms with Crippen molar-refractivity contribution in [1.29, 1.82) is 0 Å². The van der Waals surface area contributed by atoms with Crippen LogP contribution in [0, 0.1) is 0 Å². The average molecular weight is 384 g/mol. The van der Waals surface area contributed by atoms with Crippen molar-refractivity contribution in [2.24, 2.45) is 0 Å². The lowest BCUT2D eigenvalue weighted by atomic mass is 10.1. The number of carbonyl (C=O) groups excluding carboxylic acids is 1. The van der Waals surface area contributed by atoms with Gasteiger partial charge in [0.25, 0.3) is 0 Å². The summed E-state index contributed by atoms with van der Waals surface area (Å²) < 4.78 is 11.6. The second kappa shape index (κ2) is 7.40. The maximum atomic E-state index is 12.4. The van der Waals surface area contributed by atoms with Gasteiger partial charge in [0.15, 0.2) is 11.5 Å². The number of methoxy groups -OCH3 is 2. The molecule has 0 atom stereocenters. The topological polar surface area (TPSA) is 76.6 Å². The van der Waals surface area contributed by atoms with Crippen molar-refractivity contribution in [3.8, 4) is 11.5 Å². The molecule has 1 amide bonds. The van der Waals surface area contributed by atoms with Crippen LogP contribution in [-0.4, -0.2) is 49.2 Å². The minimum absolute atomic E-state index is 0.00386. The summed E-state index contributed by atoms with van der Waals surface area (Å²) in [6.45, 7) is 1.50. The standard InChI is InChI=1S/C19H20N4O3S/c1-25-15-4-3-12(7-16(15)26-2)8-17(24)22-13-9-23(10-13)19-18-14(5-6-27-18)20-11-21-19/h3-7,11,13H,8-10H2,1-2H3,(H,22,24). The van der Waals surface area contributed by atoms with Crippen molar-refractivity contribution in [3.63, 3.8) is 0 Å². The first-order chi connectivity index (χ1) is 13.2. The van der Waals surface area contributed by atoms with E-state index >= 15 is 0 Å². The van der Waals surface area contributed by atoms with E-state index in [1.807, 2.05) is 29.6 Å². The Morgan fingerprint density at radius 2 is 2.04 bits per heavy atom. The zero-order valence-corrected chi connectivity index (χ0v) is 16.0. The monoisotopic (exact) mass is 384 g/mol. The van der Waals surface area contributed by atoms with Crippen molar-refractivity contribution in [2.75, 3.05) is 32.2 Å². The molecule has 1 saturated heterocycles. The third kappa shape index (κ3) is 3.52. The number of fused-ring (bicyclic) bond motifs is 1. The van der Waals surface area contributed by atoms with Crippen LogP contribution in [-0.2, 0) is 11.2 Å². The number of rotatable bonds is 6. The highest BCUT2D eigenvalue weighted by Crippen LogP contribution is 2.30. The molecule has 1 aliphatic rings. The van der Waals surface area contributed by atoms with E-state index in [2.05, 4.69) is 20.2 Å². The molecule has 1 N–H and O–H groups in total. The van der Waals surface area contributed by atoms with Gasteiger partial charge in [0.1, 0.15) is 12.1 Å². The summed E-state index contributed by atoms with van der Waals surface area (Å²) in [4.78, 5) is 23.2. The molecule has 1 aliphatic heterocycles. The van der Waals surface area contributed by atoms with Crippen molar-refractivity contribution < 1.29 is 14.3 Å². The largest absolute Gasteiger partial charge is 0.493 e. The zero-order valence-electron chi connectivity index (χ0n) is 15.1. The molecule has 0 spiro atoms. The van der Waals surface area contributed by atoms with Gasteiger partial charge in [-0.05, 0) is 29.1 Å². The molecule has 8 heteroatoms. The third-order valence-electron chi connectivity index (χ3n) is 4.58. The minimum Gasteiger partial charge on any atom is -0.493 e. The first-order valence-corrected chi connectivity index (χ1v) is 9.49. The maximum absolute atomic E-state index is 12.4. The fourth-order valence-electron chi connectivity index (χ4n) is 3.20. The van der Waals surface area contributed by atoms with E-state index in [1.165, 1.54) is 0 Å². The summed E-state index contributed by atoms with van der Waals surface area (Å²) in [5, 5.41) is 5.10. The second-order valence-electron chi connectivity index (χ2n) is 6.37. The Hall–Kier alpha value is -2.87. The van der Waals surface area contributed by atoms with Crippen molar-refractivity contribution in [3.05, 3.63) is 41.5 Å². The minimum atomic E-state index is -0.00386. The van der Waals surface area contributed by atoms with Crippen LogP contribution in [0.25, 0.3) is 10.2 Å². The van der Waals surface area contributed by atoms with Crippen LogP contribution >= 0.6 is 11.3 Å². The van der Waals surface area contributed by atoms with Gasteiger partial charge in [-0.2, -0.15) is 0 Å². The number of anilines is 1. The molecule has 4 rings (SSSR count). The highest BCUT2D eigenvalue weighted by molar-refractivity contribution is 7.17. The maximum Gasteiger partial charge on any atom is 0.224 e. The van der Waals surface area contributed by atoms with Gasteiger partial charge >= 0.3 is 0 Å². The molecular weight excluding hydrogens is 364 g/mol. The number of ether oxygens (including phenoxy) is 2. The highest BCUT2D eigenvalue weighted by Gasteiger charge is 2.30. The predicted molar refractivity (Wildman–Crippen MR) is 105 cm³/mol. The number of hydrogen-bond acceptors (Lipinski definition) is 7. The Kier molecular flexibility index (Phi) is 4.81. The van der Waals surface area contributed by atoms with Gasteiger partial charge in [-0.15, -0.1) is 11.3 Å². The molecular formula is C19H20N4O3S. The van der Waals surface area contributed by atoms with E-state index in [4.69, 9.17) is 9.47 Å². The molecule has 1 fully saturated rings. The summed E-state index contributed by atoms with van der Waals surface area (Å²) in [6, 6.07) is 7.64. The SMILES string of the molecule is COc1ccc(CC(=O)NC2CN(c3ncnc4ccsc34)C2)cc1OC. The summed E-state index contributed by atoms with van der Waals surface area (Å²) in [5.41, 5.74) is 1.85. The summed E-state index contributed by atoms with van der Waals surface area (Å²) in [5.74, 6) is 2.22. The van der Waals surface area contributed by atoms with Crippen LogP contribution in [0.15, 0.2) is 36.0 Å². The molecule has 0 aliphatic carbocycles. The lowest BCUT2D eigenvalue weighted by Gasteiger charge is -2.40. The van der Waals surface area contributed by atoms with E-state index in [1.54, 1.807) is 31.9 Å². The fourth-order valence-corrected chi connectivity index (χ4v) is 4.06. The number of amides is 1. The van der Waals surface area contributed by atoms with Gasteiger partial charge in [-0.1, -0.05) is 6.07 Å². The molecule has 2 aromatic heterocycles. The number of aromatic nitrogens is 2. The van der Waals surface area contributed by atoms with Gasteiger partial charge in [-0.25, -0.2) is 9.97 Å². The Morgan fingerprint density at radius 1 is 1.22 bits per heavy atom. The van der Waals surface area contributed by atoms with Crippen molar-refractivity contribution >= 4 is 33.3 Å². The number of benzene rings is 1. The number of carbonyl (C=O) groups is 1. The quantitative estimate of drug-likeness (QED) is 0.703. The first kappa shape index (κ1) is 17.5. The molecule has 7 nitrogen and oxygen atoms in total. The van der Waals surface area contributed by atoms with Crippen LogP contribution in [0.5, 0.6) is 11.5 Å². The van der Waals surface area contributed by atoms with Crippen molar-refractivity contribution in [2.45, 2.75) is 12.5 Å². The van der Waals surface area contributed by atoms with E-state index in [9.17, 15) is 4.79 Å². The van der Waals surface area contributed by atoms with Crippen LogP contribution in [0.2, 0.25) is 0 Å². The highest BCUT2D eigenvalue weighted by atomic mass is 32.1. The van der Waals surface area contributed by atoms with Gasteiger partial charge < -0.3 is 19.7 Å². The average Bonchev–Trinajstić information content (AvgIpc) is 3.13. The molecule has 0 bridgehead atoms. The molecule has 0 unspecified atom stereocenters. The van der Waals surface area contributed by atoms with Gasteiger partial charge in [0.2, 0.25) is 5.91 Å². The number of hydrogen-bond donors (Lipinski definition) is 1. The smallest absolute Gasteiger partial charge is 0.224 e. The summed E-state index contributed by atoms with van der Waals surface area (Å²) in [7, 11) is 3.18. The lowest BCUT2D eigenvalue weighted by Crippen LogP contribution is -2.60. The van der Waals surface area contributed by atoms with Gasteiger partial charge in [0, 0.05) is 13.1 Å². The normalized spacial score (nSPS) is 14.1. The molecule has 140 valence electrons. The Labute approximate surface area is 160 Å². The predicted octanol–water partition coefficient (Wildman–Crippen LogP) is 2.26. The van der Waals surface area contributed by atoms with Crippen LogP contribution in [0.4, 0.5) is 5.82 Å². The third-order valence-corrected chi connectivity index (χ3v) is 5.48. The first-order valence-electron chi connectivity index (χ1n) is 8.61. The van der Waals surface area contributed by atoms with Gasteiger partial charge in [0.05, 0.1) is 36.9 Å². The van der Waals surface area contributed by atoms with E-state index in [0.29, 0.717) is 17.9 Å². The molecule has 27 heavy (non-hydrogen) atoms. The van der Waals surface area contributed by atoms with E-state index in [0.717, 1.165) is 34.7 Å². The molecule has 0 saturated carbocycles. The molecule has 3 heterocycles. The molecule has 0 radical (unpaired) electrons. The number of nitrogens with zero attached hydrogens (tertiary/aromatic N) is 3. The van der Waals surface area contributed by atoms with Crippen LogP contribution in [0.1, 0.15) is 5.56 Å². The summed E-state index contributed by atoms with van der Waals surface area (Å²) in [6.07, 6.45) is 1.90. The van der Waals surface area contributed by atoms with Crippen LogP contribution < -0.4 is 19.7 Å². The Morgan fingerprint density at radius 3 is 2.81 bits per heavy atom. The number of thiophene rings is 1. The zero-order chi connectivity index (χ0) is 18.8. The lowest BCUT2D eigenvalue weighted by molar-refractivity contribution is -0.121. The molecule has 1 aromatic carbocycles. The summed E-state index contributed by atoms with van der Waals surface area (Å²) >= 11 is 1.64. The van der Waals surface area contributed by atoms with Crippen molar-refractivity contribution in [1.82, 2.24) is 15.3 Å². The Bertz CT molecular complexity index is 968.